The lowest BCUT2D eigenvalue weighted by atomic mass is 9.79. The summed E-state index contributed by atoms with van der Waals surface area (Å²) in [5.74, 6) is -1.43. The van der Waals surface area contributed by atoms with Gasteiger partial charge in [-0.15, -0.1) is 0 Å². The van der Waals surface area contributed by atoms with Crippen molar-refractivity contribution in [3.05, 3.63) is 51.7 Å². The van der Waals surface area contributed by atoms with Gasteiger partial charge in [0.1, 0.15) is 12.3 Å². The average molecular weight is 346 g/mol. The average Bonchev–Trinajstić information content (AvgIpc) is 2.85. The van der Waals surface area contributed by atoms with Gasteiger partial charge in [-0.3, -0.25) is 14.9 Å². The first-order valence-corrected chi connectivity index (χ1v) is 7.94. The fourth-order valence-corrected chi connectivity index (χ4v) is 3.40. The molecule has 3 rings (SSSR count). The molecule has 1 N–H and O–H groups in total. The van der Waals surface area contributed by atoms with Crippen molar-refractivity contribution in [3.63, 3.8) is 0 Å². The van der Waals surface area contributed by atoms with Gasteiger partial charge in [-0.1, -0.05) is 6.92 Å². The Morgan fingerprint density at radius 2 is 2.04 bits per heavy atom. The zero-order valence-electron chi connectivity index (χ0n) is 13.8. The zero-order chi connectivity index (χ0) is 18.3. The number of β-lactam (4-membered cyclic amide) rings is 1. The fraction of sp³-hybridized carbons (Fsp3) is 0.412. The van der Waals surface area contributed by atoms with Crippen LogP contribution in [0.5, 0.6) is 0 Å². The molecule has 0 aliphatic carbocycles. The molecule has 1 aromatic rings. The van der Waals surface area contributed by atoms with Crippen molar-refractivity contribution in [1.29, 1.82) is 0 Å². The highest BCUT2D eigenvalue weighted by Crippen LogP contribution is 2.43. The lowest BCUT2D eigenvalue weighted by Gasteiger charge is -2.46. The van der Waals surface area contributed by atoms with E-state index < -0.39 is 22.9 Å². The van der Waals surface area contributed by atoms with Gasteiger partial charge in [0.2, 0.25) is 5.91 Å². The van der Waals surface area contributed by atoms with Crippen molar-refractivity contribution in [2.24, 2.45) is 11.8 Å². The lowest BCUT2D eigenvalue weighted by Crippen LogP contribution is -2.63. The van der Waals surface area contributed by atoms with E-state index in [4.69, 9.17) is 4.74 Å². The van der Waals surface area contributed by atoms with Gasteiger partial charge in [0.25, 0.3) is 5.69 Å². The summed E-state index contributed by atoms with van der Waals surface area (Å²) in [6, 6.07) is 5.48. The zero-order valence-corrected chi connectivity index (χ0v) is 13.8. The minimum absolute atomic E-state index is 0.0411. The largest absolute Gasteiger partial charge is 0.456 e. The standard InChI is InChI=1S/C17H18N2O6/c1-9-7-13(18-15(9)14(10(2)20)16(18)21)17(22)25-8-11-3-5-12(6-4-11)19(23)24/h3-7,9-10,14-15,20H,8H2,1-2H3/t9-,10+,14-,15+/m0/s1. The lowest BCUT2D eigenvalue weighted by molar-refractivity contribution is -0.384. The summed E-state index contributed by atoms with van der Waals surface area (Å²) in [4.78, 5) is 36.0. The van der Waals surface area contributed by atoms with Gasteiger partial charge in [0.05, 0.1) is 23.0 Å². The molecule has 0 saturated carbocycles. The van der Waals surface area contributed by atoms with Crippen LogP contribution in [-0.2, 0) is 20.9 Å². The van der Waals surface area contributed by atoms with E-state index in [0.29, 0.717) is 5.56 Å². The molecule has 4 atom stereocenters. The molecule has 2 heterocycles. The summed E-state index contributed by atoms with van der Waals surface area (Å²) in [6.07, 6.45) is 0.920. The Morgan fingerprint density at radius 1 is 1.40 bits per heavy atom. The fourth-order valence-electron chi connectivity index (χ4n) is 3.40. The summed E-state index contributed by atoms with van der Waals surface area (Å²) in [6.45, 7) is 3.41. The van der Waals surface area contributed by atoms with Crippen LogP contribution < -0.4 is 0 Å². The van der Waals surface area contributed by atoms with E-state index in [1.165, 1.54) is 29.2 Å². The summed E-state index contributed by atoms with van der Waals surface area (Å²) >= 11 is 0. The quantitative estimate of drug-likeness (QED) is 0.373. The Morgan fingerprint density at radius 3 is 2.60 bits per heavy atom. The maximum absolute atomic E-state index is 12.3. The van der Waals surface area contributed by atoms with Crippen LogP contribution in [0.1, 0.15) is 19.4 Å². The molecular formula is C17H18N2O6. The number of rotatable bonds is 5. The molecule has 0 unspecified atom stereocenters. The molecule has 0 bridgehead atoms. The smallest absolute Gasteiger partial charge is 0.355 e. The molecule has 1 amide bonds. The molecule has 8 nitrogen and oxygen atoms in total. The summed E-state index contributed by atoms with van der Waals surface area (Å²) in [7, 11) is 0. The highest BCUT2D eigenvalue weighted by atomic mass is 16.6. The number of amides is 1. The van der Waals surface area contributed by atoms with Crippen LogP contribution in [0.4, 0.5) is 5.69 Å². The van der Waals surface area contributed by atoms with E-state index in [-0.39, 0.29) is 35.9 Å². The number of aliphatic hydroxyl groups excluding tert-OH is 1. The van der Waals surface area contributed by atoms with Gasteiger partial charge in [-0.05, 0) is 36.6 Å². The van der Waals surface area contributed by atoms with Gasteiger partial charge >= 0.3 is 5.97 Å². The van der Waals surface area contributed by atoms with Crippen LogP contribution in [0.25, 0.3) is 0 Å². The molecule has 2 aliphatic heterocycles. The second-order valence-electron chi connectivity index (χ2n) is 6.38. The molecule has 2 aliphatic rings. The van der Waals surface area contributed by atoms with Crippen LogP contribution >= 0.6 is 0 Å². The number of ether oxygens (including phenoxy) is 1. The summed E-state index contributed by atoms with van der Waals surface area (Å²) in [5, 5.41) is 20.3. The number of carbonyl (C=O) groups is 2. The van der Waals surface area contributed by atoms with Crippen molar-refractivity contribution in [1.82, 2.24) is 4.90 Å². The summed E-state index contributed by atoms with van der Waals surface area (Å²) in [5.41, 5.74) is 0.765. The number of aliphatic hydroxyl groups is 1. The number of benzene rings is 1. The van der Waals surface area contributed by atoms with E-state index in [9.17, 15) is 24.8 Å². The minimum Gasteiger partial charge on any atom is -0.456 e. The Labute approximate surface area is 143 Å². The van der Waals surface area contributed by atoms with Crippen LogP contribution in [0, 0.1) is 22.0 Å². The molecule has 8 heteroatoms. The first-order valence-electron chi connectivity index (χ1n) is 7.94. The van der Waals surface area contributed by atoms with Crippen molar-refractivity contribution >= 4 is 17.6 Å². The molecule has 1 aromatic carbocycles. The number of nitro groups is 1. The van der Waals surface area contributed by atoms with E-state index in [1.54, 1.807) is 13.0 Å². The predicted octanol–water partition coefficient (Wildman–Crippen LogP) is 1.38. The van der Waals surface area contributed by atoms with Crippen LogP contribution in [0.3, 0.4) is 0 Å². The molecule has 132 valence electrons. The first-order chi connectivity index (χ1) is 11.8. The number of hydrogen-bond donors (Lipinski definition) is 1. The minimum atomic E-state index is -0.764. The third-order valence-corrected chi connectivity index (χ3v) is 4.65. The third kappa shape index (κ3) is 2.89. The number of fused-ring (bicyclic) bond motifs is 1. The molecule has 0 aromatic heterocycles. The number of hydrogen-bond acceptors (Lipinski definition) is 6. The predicted molar refractivity (Wildman–Crippen MR) is 85.9 cm³/mol. The van der Waals surface area contributed by atoms with Crippen LogP contribution in [-0.4, -0.2) is 39.0 Å². The van der Waals surface area contributed by atoms with Gasteiger partial charge in [0, 0.05) is 12.1 Å². The number of nitrogens with zero attached hydrogens (tertiary/aromatic N) is 2. The number of non-ortho nitro benzene ring substituents is 1. The topological polar surface area (TPSA) is 110 Å². The molecule has 0 radical (unpaired) electrons. The monoisotopic (exact) mass is 346 g/mol. The second-order valence-corrected chi connectivity index (χ2v) is 6.38. The van der Waals surface area contributed by atoms with Crippen molar-refractivity contribution < 1.29 is 24.4 Å². The van der Waals surface area contributed by atoms with Crippen molar-refractivity contribution in [2.75, 3.05) is 0 Å². The van der Waals surface area contributed by atoms with Crippen LogP contribution in [0.2, 0.25) is 0 Å². The number of nitro benzene ring substituents is 1. The molecule has 0 spiro atoms. The van der Waals surface area contributed by atoms with Crippen LogP contribution in [0.15, 0.2) is 36.0 Å². The summed E-state index contributed by atoms with van der Waals surface area (Å²) < 4.78 is 5.22. The van der Waals surface area contributed by atoms with E-state index in [0.717, 1.165) is 0 Å². The highest BCUT2D eigenvalue weighted by molar-refractivity contribution is 5.99. The van der Waals surface area contributed by atoms with Gasteiger partial charge in [-0.25, -0.2) is 4.79 Å². The SMILES string of the molecule is C[C@@H](O)[C@@H]1C(=O)N2C(C(=O)OCc3ccc([N+](=O)[O-])cc3)=C[C@H](C)[C@H]12. The van der Waals surface area contributed by atoms with E-state index in [1.807, 2.05) is 6.92 Å². The molecule has 1 saturated heterocycles. The van der Waals surface area contributed by atoms with Gasteiger partial charge < -0.3 is 14.7 Å². The molecule has 1 fully saturated rings. The number of carbonyl (C=O) groups excluding carboxylic acids is 2. The maximum atomic E-state index is 12.3. The first kappa shape index (κ1) is 17.1. The Hall–Kier alpha value is -2.74. The highest BCUT2D eigenvalue weighted by Gasteiger charge is 2.57. The van der Waals surface area contributed by atoms with Gasteiger partial charge in [-0.2, -0.15) is 0 Å². The molecular weight excluding hydrogens is 328 g/mol. The maximum Gasteiger partial charge on any atom is 0.355 e. The third-order valence-electron chi connectivity index (χ3n) is 4.65. The molecule has 25 heavy (non-hydrogen) atoms. The van der Waals surface area contributed by atoms with Crippen molar-refractivity contribution in [2.45, 2.75) is 32.6 Å². The van der Waals surface area contributed by atoms with E-state index in [2.05, 4.69) is 0 Å². The van der Waals surface area contributed by atoms with Crippen molar-refractivity contribution in [3.8, 4) is 0 Å². The normalized spacial score (nSPS) is 25.7. The number of esters is 1. The Balaban J connectivity index is 1.63. The van der Waals surface area contributed by atoms with E-state index >= 15 is 0 Å². The Kier molecular flexibility index (Phi) is 4.30. The Bertz CT molecular complexity index is 755. The second kappa shape index (κ2) is 6.29. The van der Waals surface area contributed by atoms with Gasteiger partial charge in [0.15, 0.2) is 0 Å².